The molecule has 0 heterocycles. The van der Waals surface area contributed by atoms with Crippen molar-refractivity contribution < 1.29 is 18.7 Å². The zero-order valence-corrected chi connectivity index (χ0v) is 14.4. The van der Waals surface area contributed by atoms with Crippen LogP contribution in [0.4, 0.5) is 10.1 Å². The summed E-state index contributed by atoms with van der Waals surface area (Å²) in [5.41, 5.74) is 1.35. The summed E-state index contributed by atoms with van der Waals surface area (Å²) in [4.78, 5) is 24.1. The topological polar surface area (TPSA) is 55.4 Å². The van der Waals surface area contributed by atoms with Gasteiger partial charge in [0.05, 0.1) is 15.6 Å². The van der Waals surface area contributed by atoms with Crippen LogP contribution in [-0.4, -0.2) is 18.0 Å². The Morgan fingerprint density at radius 3 is 2.54 bits per heavy atom. The van der Waals surface area contributed by atoms with Crippen LogP contribution in [0.2, 0.25) is 10.0 Å². The van der Waals surface area contributed by atoms with Crippen molar-refractivity contribution in [1.82, 2.24) is 0 Å². The standard InChI is InChI=1S/C17H14Cl2FNO3/c1-9-4-3-5-11(6-9)21-16(22)10(2)24-17(23)12-7-15(20)14(19)8-13(12)18/h3-8,10H,1-2H3,(H,21,22)/t10-/m0/s1. The van der Waals surface area contributed by atoms with Crippen molar-refractivity contribution in [3.8, 4) is 0 Å². The number of carbonyl (C=O) groups is 2. The van der Waals surface area contributed by atoms with Gasteiger partial charge in [0.2, 0.25) is 0 Å². The van der Waals surface area contributed by atoms with Gasteiger partial charge in [0.25, 0.3) is 5.91 Å². The third-order valence-electron chi connectivity index (χ3n) is 3.17. The van der Waals surface area contributed by atoms with Crippen LogP contribution < -0.4 is 5.32 Å². The number of rotatable bonds is 4. The highest BCUT2D eigenvalue weighted by molar-refractivity contribution is 6.36. The SMILES string of the molecule is Cc1cccc(NC(=O)[C@H](C)OC(=O)c2cc(F)c(Cl)cc2Cl)c1. The van der Waals surface area contributed by atoms with Gasteiger partial charge in [-0.05, 0) is 43.7 Å². The molecule has 126 valence electrons. The van der Waals surface area contributed by atoms with E-state index in [0.717, 1.165) is 17.7 Å². The van der Waals surface area contributed by atoms with E-state index in [4.69, 9.17) is 27.9 Å². The Bertz CT molecular complexity index is 795. The fourth-order valence-electron chi connectivity index (χ4n) is 1.92. The molecule has 24 heavy (non-hydrogen) atoms. The maximum absolute atomic E-state index is 13.5. The van der Waals surface area contributed by atoms with Gasteiger partial charge in [-0.15, -0.1) is 0 Å². The van der Waals surface area contributed by atoms with Crippen molar-refractivity contribution in [3.63, 3.8) is 0 Å². The summed E-state index contributed by atoms with van der Waals surface area (Å²) >= 11 is 11.4. The molecule has 2 aromatic rings. The van der Waals surface area contributed by atoms with Crippen molar-refractivity contribution in [3.05, 3.63) is 63.4 Å². The van der Waals surface area contributed by atoms with Gasteiger partial charge in [-0.25, -0.2) is 9.18 Å². The fraction of sp³-hybridized carbons (Fsp3) is 0.176. The first-order chi connectivity index (χ1) is 11.3. The molecule has 0 aromatic heterocycles. The Balaban J connectivity index is 2.06. The van der Waals surface area contributed by atoms with Crippen LogP contribution in [0, 0.1) is 12.7 Å². The average Bonchev–Trinajstić information content (AvgIpc) is 2.50. The van der Waals surface area contributed by atoms with Gasteiger partial charge in [0, 0.05) is 5.69 Å². The van der Waals surface area contributed by atoms with Crippen LogP contribution in [0.15, 0.2) is 36.4 Å². The lowest BCUT2D eigenvalue weighted by atomic mass is 10.2. The first-order valence-electron chi connectivity index (χ1n) is 7.01. The molecule has 4 nitrogen and oxygen atoms in total. The van der Waals surface area contributed by atoms with Crippen LogP contribution >= 0.6 is 23.2 Å². The normalized spacial score (nSPS) is 11.7. The van der Waals surface area contributed by atoms with Crippen molar-refractivity contribution in [2.45, 2.75) is 20.0 Å². The Kier molecular flexibility index (Phi) is 5.80. The molecule has 0 saturated heterocycles. The van der Waals surface area contributed by atoms with E-state index in [0.29, 0.717) is 5.69 Å². The molecule has 0 unspecified atom stereocenters. The quantitative estimate of drug-likeness (QED) is 0.631. The number of anilines is 1. The first kappa shape index (κ1) is 18.2. The zero-order chi connectivity index (χ0) is 17.9. The number of hydrogen-bond acceptors (Lipinski definition) is 3. The number of carbonyl (C=O) groups excluding carboxylic acids is 2. The highest BCUT2D eigenvalue weighted by Gasteiger charge is 2.22. The molecule has 1 atom stereocenters. The molecule has 0 spiro atoms. The van der Waals surface area contributed by atoms with Crippen molar-refractivity contribution in [1.29, 1.82) is 0 Å². The second-order valence-corrected chi connectivity index (χ2v) is 5.97. The Morgan fingerprint density at radius 2 is 1.88 bits per heavy atom. The summed E-state index contributed by atoms with van der Waals surface area (Å²) in [6, 6.07) is 9.14. The Labute approximate surface area is 148 Å². The van der Waals surface area contributed by atoms with Crippen LogP contribution in [0.25, 0.3) is 0 Å². The molecule has 2 rings (SSSR count). The Hall–Kier alpha value is -2.11. The second-order valence-electron chi connectivity index (χ2n) is 5.15. The van der Waals surface area contributed by atoms with E-state index in [9.17, 15) is 14.0 Å². The van der Waals surface area contributed by atoms with Crippen molar-refractivity contribution >= 4 is 40.8 Å². The molecule has 0 aliphatic heterocycles. The second kappa shape index (κ2) is 7.64. The molecule has 1 amide bonds. The molecule has 1 N–H and O–H groups in total. The van der Waals surface area contributed by atoms with Gasteiger partial charge in [-0.2, -0.15) is 0 Å². The lowest BCUT2D eigenvalue weighted by molar-refractivity contribution is -0.123. The Morgan fingerprint density at radius 1 is 1.17 bits per heavy atom. The number of esters is 1. The van der Waals surface area contributed by atoms with E-state index < -0.39 is 23.8 Å². The number of nitrogens with one attached hydrogen (secondary N) is 1. The number of ether oxygens (including phenoxy) is 1. The minimum atomic E-state index is -1.09. The van der Waals surface area contributed by atoms with Gasteiger partial charge < -0.3 is 10.1 Å². The van der Waals surface area contributed by atoms with Gasteiger partial charge >= 0.3 is 5.97 Å². The molecule has 7 heteroatoms. The molecule has 0 bridgehead atoms. The van der Waals surface area contributed by atoms with Gasteiger partial charge in [0.1, 0.15) is 5.82 Å². The van der Waals surface area contributed by atoms with E-state index in [-0.39, 0.29) is 15.6 Å². The molecule has 0 saturated carbocycles. The molecule has 0 aliphatic rings. The lowest BCUT2D eigenvalue weighted by Gasteiger charge is -2.14. The van der Waals surface area contributed by atoms with E-state index in [2.05, 4.69) is 5.32 Å². The summed E-state index contributed by atoms with van der Waals surface area (Å²) in [5.74, 6) is -2.23. The van der Waals surface area contributed by atoms with E-state index >= 15 is 0 Å². The van der Waals surface area contributed by atoms with Crippen molar-refractivity contribution in [2.24, 2.45) is 0 Å². The molecule has 0 aliphatic carbocycles. The predicted octanol–water partition coefficient (Wildman–Crippen LogP) is 4.62. The monoisotopic (exact) mass is 369 g/mol. The number of benzene rings is 2. The molecular formula is C17H14Cl2FNO3. The van der Waals surface area contributed by atoms with Gasteiger partial charge in [0.15, 0.2) is 6.10 Å². The average molecular weight is 370 g/mol. The van der Waals surface area contributed by atoms with E-state index in [1.807, 2.05) is 13.0 Å². The molecule has 0 radical (unpaired) electrons. The fourth-order valence-corrected chi connectivity index (χ4v) is 2.38. The maximum atomic E-state index is 13.5. The van der Waals surface area contributed by atoms with Crippen LogP contribution in [0.1, 0.15) is 22.8 Å². The summed E-state index contributed by atoms with van der Waals surface area (Å²) in [6.07, 6.45) is -1.09. The van der Waals surface area contributed by atoms with Crippen LogP contribution in [-0.2, 0) is 9.53 Å². The molecule has 2 aromatic carbocycles. The van der Waals surface area contributed by atoms with E-state index in [1.54, 1.807) is 18.2 Å². The largest absolute Gasteiger partial charge is 0.449 e. The first-order valence-corrected chi connectivity index (χ1v) is 7.76. The zero-order valence-electron chi connectivity index (χ0n) is 12.9. The highest BCUT2D eigenvalue weighted by atomic mass is 35.5. The van der Waals surface area contributed by atoms with Crippen LogP contribution in [0.5, 0.6) is 0 Å². The summed E-state index contributed by atoms with van der Waals surface area (Å²) in [5, 5.41) is 2.37. The highest BCUT2D eigenvalue weighted by Crippen LogP contribution is 2.25. The third kappa shape index (κ3) is 4.46. The summed E-state index contributed by atoms with van der Waals surface area (Å²) in [7, 11) is 0. The van der Waals surface area contributed by atoms with E-state index in [1.165, 1.54) is 6.92 Å². The number of amides is 1. The van der Waals surface area contributed by atoms with Crippen LogP contribution in [0.3, 0.4) is 0 Å². The summed E-state index contributed by atoms with van der Waals surface area (Å²) < 4.78 is 18.5. The number of hydrogen-bond donors (Lipinski definition) is 1. The molecule has 0 fully saturated rings. The maximum Gasteiger partial charge on any atom is 0.340 e. The minimum Gasteiger partial charge on any atom is -0.449 e. The smallest absolute Gasteiger partial charge is 0.340 e. The predicted molar refractivity (Wildman–Crippen MR) is 91.1 cm³/mol. The minimum absolute atomic E-state index is 0.0577. The third-order valence-corrected chi connectivity index (χ3v) is 3.77. The van der Waals surface area contributed by atoms with Gasteiger partial charge in [-0.1, -0.05) is 35.3 Å². The van der Waals surface area contributed by atoms with Crippen molar-refractivity contribution in [2.75, 3.05) is 5.32 Å². The lowest BCUT2D eigenvalue weighted by Crippen LogP contribution is -2.30. The summed E-state index contributed by atoms with van der Waals surface area (Å²) in [6.45, 7) is 3.29. The molecular weight excluding hydrogens is 356 g/mol. The van der Waals surface area contributed by atoms with Gasteiger partial charge in [-0.3, -0.25) is 4.79 Å². The number of halogens is 3. The number of aryl methyl sites for hydroxylation is 1.